The molecule has 2 fully saturated rings. The van der Waals surface area contributed by atoms with Crippen molar-refractivity contribution in [1.29, 1.82) is 0 Å². The Balaban J connectivity index is 1.48. The normalized spacial score (nSPS) is 20.0. The molecule has 0 radical (unpaired) electrons. The van der Waals surface area contributed by atoms with Crippen LogP contribution in [-0.4, -0.2) is 66.3 Å². The second-order valence-electron chi connectivity index (χ2n) is 6.97. The second-order valence-corrected chi connectivity index (χ2v) is 6.97. The lowest BCUT2D eigenvalue weighted by Crippen LogP contribution is -2.51. The molecule has 1 atom stereocenters. The molecule has 2 saturated heterocycles. The monoisotopic (exact) mass is 376 g/mol. The summed E-state index contributed by atoms with van der Waals surface area (Å²) in [7, 11) is 0. The number of hydrogen-bond acceptors (Lipinski definition) is 4. The van der Waals surface area contributed by atoms with Crippen LogP contribution in [0, 0.1) is 5.82 Å². The van der Waals surface area contributed by atoms with Crippen LogP contribution in [0.5, 0.6) is 0 Å². The van der Waals surface area contributed by atoms with Gasteiger partial charge in [0.2, 0.25) is 11.8 Å². The molecule has 1 aromatic carbocycles. The quantitative estimate of drug-likeness (QED) is 0.713. The van der Waals surface area contributed by atoms with Crippen LogP contribution < -0.4 is 0 Å². The molecule has 2 amide bonds. The molecule has 146 valence electrons. The van der Waals surface area contributed by atoms with E-state index in [2.05, 4.69) is 0 Å². The average Bonchev–Trinajstić information content (AvgIpc) is 3.18. The molecule has 7 heteroatoms. The van der Waals surface area contributed by atoms with E-state index in [1.165, 1.54) is 24.3 Å². The zero-order valence-electron chi connectivity index (χ0n) is 15.4. The molecule has 0 spiro atoms. The highest BCUT2D eigenvalue weighted by Crippen LogP contribution is 2.22. The number of Topliss-reactive ketones (excluding diaryl/α,β-unsaturated/α-hetero) is 1. The summed E-state index contributed by atoms with van der Waals surface area (Å²) < 4.78 is 18.2. The molecule has 0 bridgehead atoms. The van der Waals surface area contributed by atoms with Crippen molar-refractivity contribution in [2.24, 2.45) is 0 Å². The van der Waals surface area contributed by atoms with E-state index in [0.717, 1.165) is 6.42 Å². The Hall–Kier alpha value is -2.28. The number of ketones is 1. The summed E-state index contributed by atoms with van der Waals surface area (Å²) in [5.41, 5.74) is 0.449. The van der Waals surface area contributed by atoms with Crippen LogP contribution in [0.25, 0.3) is 0 Å². The fourth-order valence-corrected chi connectivity index (χ4v) is 3.64. The fourth-order valence-electron chi connectivity index (χ4n) is 3.64. The van der Waals surface area contributed by atoms with Crippen molar-refractivity contribution in [3.63, 3.8) is 0 Å². The van der Waals surface area contributed by atoms with Crippen LogP contribution in [0.2, 0.25) is 0 Å². The maximum absolute atomic E-state index is 12.9. The molecule has 0 unspecified atom stereocenters. The van der Waals surface area contributed by atoms with Crippen LogP contribution in [0.3, 0.4) is 0 Å². The zero-order chi connectivity index (χ0) is 19.2. The molecule has 27 heavy (non-hydrogen) atoms. The Labute approximate surface area is 158 Å². The summed E-state index contributed by atoms with van der Waals surface area (Å²) in [5.74, 6) is -0.561. The van der Waals surface area contributed by atoms with Crippen molar-refractivity contribution < 1.29 is 23.5 Å². The van der Waals surface area contributed by atoms with Gasteiger partial charge in [-0.15, -0.1) is 0 Å². The summed E-state index contributed by atoms with van der Waals surface area (Å²) in [4.78, 5) is 40.8. The minimum atomic E-state index is -0.386. The molecule has 2 aliphatic heterocycles. The number of amides is 2. The Morgan fingerprint density at radius 3 is 2.44 bits per heavy atom. The first-order valence-electron chi connectivity index (χ1n) is 9.51. The summed E-state index contributed by atoms with van der Waals surface area (Å²) in [6, 6.07) is 5.03. The van der Waals surface area contributed by atoms with Gasteiger partial charge in [-0.2, -0.15) is 0 Å². The highest BCUT2D eigenvalue weighted by atomic mass is 19.1. The van der Waals surface area contributed by atoms with Crippen LogP contribution >= 0.6 is 0 Å². The topological polar surface area (TPSA) is 66.9 Å². The first-order chi connectivity index (χ1) is 13.1. The SMILES string of the molecule is O=C(CCCC(=O)N1CCC[C@H]1C(=O)N1CCOCC1)c1ccc(F)cc1. The molecule has 3 rings (SSSR count). The largest absolute Gasteiger partial charge is 0.378 e. The second kappa shape index (κ2) is 9.08. The maximum Gasteiger partial charge on any atom is 0.245 e. The van der Waals surface area contributed by atoms with Crippen molar-refractivity contribution in [3.8, 4) is 0 Å². The standard InChI is InChI=1S/C20H25FN2O4/c21-16-8-6-15(7-9-16)18(24)4-1-5-19(25)23-10-2-3-17(23)20(26)22-11-13-27-14-12-22/h6-9,17H,1-5,10-14H2/t17-/m0/s1. The number of morpholine rings is 1. The van der Waals surface area contributed by atoms with Crippen molar-refractivity contribution >= 4 is 17.6 Å². The van der Waals surface area contributed by atoms with Crippen LogP contribution in [0.1, 0.15) is 42.5 Å². The predicted molar refractivity (Wildman–Crippen MR) is 96.7 cm³/mol. The Morgan fingerprint density at radius 1 is 1.04 bits per heavy atom. The number of halogens is 1. The average molecular weight is 376 g/mol. The number of rotatable bonds is 6. The molecule has 0 aliphatic carbocycles. The number of nitrogens with zero attached hydrogens (tertiary/aromatic N) is 2. The summed E-state index contributed by atoms with van der Waals surface area (Å²) in [5, 5.41) is 0. The van der Waals surface area contributed by atoms with E-state index >= 15 is 0 Å². The van der Waals surface area contributed by atoms with Crippen molar-refractivity contribution in [1.82, 2.24) is 9.80 Å². The fraction of sp³-hybridized carbons (Fsp3) is 0.550. The van der Waals surface area contributed by atoms with Gasteiger partial charge in [-0.25, -0.2) is 4.39 Å². The number of carbonyl (C=O) groups excluding carboxylic acids is 3. The number of hydrogen-bond donors (Lipinski definition) is 0. The van der Waals surface area contributed by atoms with E-state index in [4.69, 9.17) is 4.74 Å². The molecule has 0 aromatic heterocycles. The predicted octanol–water partition coefficient (Wildman–Crippen LogP) is 2.03. The van der Waals surface area contributed by atoms with Gasteiger partial charge >= 0.3 is 0 Å². The number of benzene rings is 1. The summed E-state index contributed by atoms with van der Waals surface area (Å²) in [6.45, 7) is 2.81. The zero-order valence-corrected chi connectivity index (χ0v) is 15.4. The molecule has 0 saturated carbocycles. The lowest BCUT2D eigenvalue weighted by molar-refractivity contribution is -0.146. The van der Waals surface area contributed by atoms with E-state index in [9.17, 15) is 18.8 Å². The van der Waals surface area contributed by atoms with Gasteiger partial charge in [0.05, 0.1) is 13.2 Å². The van der Waals surface area contributed by atoms with Crippen LogP contribution in [0.4, 0.5) is 4.39 Å². The van der Waals surface area contributed by atoms with Crippen molar-refractivity contribution in [2.75, 3.05) is 32.8 Å². The smallest absolute Gasteiger partial charge is 0.245 e. The van der Waals surface area contributed by atoms with Gasteiger partial charge in [-0.1, -0.05) is 0 Å². The van der Waals surface area contributed by atoms with E-state index in [1.807, 2.05) is 0 Å². The lowest BCUT2D eigenvalue weighted by Gasteiger charge is -2.32. The minimum Gasteiger partial charge on any atom is -0.378 e. The first kappa shape index (κ1) is 19.5. The third kappa shape index (κ3) is 4.91. The van der Waals surface area contributed by atoms with Gasteiger partial charge in [-0.05, 0) is 43.5 Å². The van der Waals surface area contributed by atoms with Gasteiger partial charge in [0.15, 0.2) is 5.78 Å². The molecule has 1 aromatic rings. The van der Waals surface area contributed by atoms with E-state index in [-0.39, 0.29) is 42.3 Å². The van der Waals surface area contributed by atoms with Crippen LogP contribution in [-0.2, 0) is 14.3 Å². The first-order valence-corrected chi connectivity index (χ1v) is 9.51. The third-order valence-electron chi connectivity index (χ3n) is 5.14. The summed E-state index contributed by atoms with van der Waals surface area (Å²) >= 11 is 0. The lowest BCUT2D eigenvalue weighted by atomic mass is 10.0. The van der Waals surface area contributed by atoms with Crippen LogP contribution in [0.15, 0.2) is 24.3 Å². The number of carbonyl (C=O) groups is 3. The van der Waals surface area contributed by atoms with Gasteiger partial charge < -0.3 is 14.5 Å². The van der Waals surface area contributed by atoms with E-state index in [1.54, 1.807) is 9.80 Å². The molecular weight excluding hydrogens is 351 g/mol. The van der Waals surface area contributed by atoms with Gasteiger partial charge in [-0.3, -0.25) is 14.4 Å². The summed E-state index contributed by atoms with van der Waals surface area (Å²) in [6.07, 6.45) is 2.40. The minimum absolute atomic E-state index is 0.00605. The van der Waals surface area contributed by atoms with Gasteiger partial charge in [0.25, 0.3) is 0 Å². The van der Waals surface area contributed by atoms with Gasteiger partial charge in [0, 0.05) is 38.0 Å². The van der Waals surface area contributed by atoms with E-state index < -0.39 is 0 Å². The molecule has 6 nitrogen and oxygen atoms in total. The Morgan fingerprint density at radius 2 is 1.74 bits per heavy atom. The third-order valence-corrected chi connectivity index (χ3v) is 5.14. The highest BCUT2D eigenvalue weighted by molar-refractivity contribution is 5.96. The molecule has 0 N–H and O–H groups in total. The number of ether oxygens (including phenoxy) is 1. The molecule has 2 aliphatic rings. The highest BCUT2D eigenvalue weighted by Gasteiger charge is 2.36. The molecule has 2 heterocycles. The Bertz CT molecular complexity index is 686. The van der Waals surface area contributed by atoms with Crippen molar-refractivity contribution in [2.45, 2.75) is 38.1 Å². The van der Waals surface area contributed by atoms with Crippen molar-refractivity contribution in [3.05, 3.63) is 35.6 Å². The Kier molecular flexibility index (Phi) is 6.55. The van der Waals surface area contributed by atoms with Gasteiger partial charge in [0.1, 0.15) is 11.9 Å². The number of likely N-dealkylation sites (tertiary alicyclic amines) is 1. The van der Waals surface area contributed by atoms with E-state index in [0.29, 0.717) is 51.3 Å². The maximum atomic E-state index is 12.9. The molecular formula is C20H25FN2O4.